The van der Waals surface area contributed by atoms with E-state index in [-0.39, 0.29) is 0 Å². The summed E-state index contributed by atoms with van der Waals surface area (Å²) < 4.78 is 9.89. The van der Waals surface area contributed by atoms with E-state index >= 15 is 0 Å². The molecule has 0 bridgehead atoms. The van der Waals surface area contributed by atoms with Crippen molar-refractivity contribution in [2.75, 3.05) is 0 Å². The van der Waals surface area contributed by atoms with E-state index in [1.165, 1.54) is 0 Å². The van der Waals surface area contributed by atoms with Crippen LogP contribution in [0.2, 0.25) is 0 Å². The largest absolute Gasteiger partial charge is 0.867 e. The standard InChI is InChI=1S/BFO2/c2-1(3)4/q-2. The third-order valence-corrected chi connectivity index (χ3v) is 0. The summed E-state index contributed by atoms with van der Waals surface area (Å²) in [6.07, 6.45) is 0. The molecule has 0 aromatic heterocycles. The van der Waals surface area contributed by atoms with Crippen molar-refractivity contribution in [3.8, 4) is 0 Å². The van der Waals surface area contributed by atoms with E-state index in [1.807, 2.05) is 0 Å². The summed E-state index contributed by atoms with van der Waals surface area (Å²) in [5.74, 6) is 0. The van der Waals surface area contributed by atoms with Crippen molar-refractivity contribution in [1.82, 2.24) is 0 Å². The quantitative estimate of drug-likeness (QED) is 0.295. The number of halogens is 1. The maximum Gasteiger partial charge on any atom is 0.121 e. The maximum absolute atomic E-state index is 9.89. The van der Waals surface area contributed by atoms with Crippen molar-refractivity contribution in [2.45, 2.75) is 0 Å². The van der Waals surface area contributed by atoms with Gasteiger partial charge in [0.05, 0.1) is 0 Å². The highest BCUT2D eigenvalue weighted by Crippen LogP contribution is 1.41. The minimum absolute atomic E-state index is 3.17. The van der Waals surface area contributed by atoms with Crippen molar-refractivity contribution in [1.29, 1.82) is 0 Å². The van der Waals surface area contributed by atoms with Gasteiger partial charge in [0.2, 0.25) is 0 Å². The minimum Gasteiger partial charge on any atom is -0.867 e. The minimum atomic E-state index is -3.17. The molecule has 24 valence electrons. The Morgan fingerprint density at radius 3 is 1.50 bits per heavy atom. The molecule has 4 heteroatoms. The summed E-state index contributed by atoms with van der Waals surface area (Å²) in [4.78, 5) is 0. The Kier molecular flexibility index (Phi) is 1.23. The van der Waals surface area contributed by atoms with Crippen LogP contribution in [0.25, 0.3) is 0 Å². The van der Waals surface area contributed by atoms with Crippen LogP contribution in [0, 0.1) is 0 Å². The Bertz CT molecular complexity index is 10.8. The van der Waals surface area contributed by atoms with Crippen LogP contribution >= 0.6 is 0 Å². The van der Waals surface area contributed by atoms with E-state index in [9.17, 15) is 4.32 Å². The average molecular weight is 61.8 g/mol. The second-order valence-electron chi connectivity index (χ2n) is 0.274. The predicted molar refractivity (Wildman–Crippen MR) is 6.86 cm³/mol. The van der Waals surface area contributed by atoms with Crippen LogP contribution in [0.15, 0.2) is 0 Å². The molecule has 0 saturated carbocycles. The number of hydrogen-bond acceptors (Lipinski definition) is 2. The molecule has 0 heterocycles. The zero-order chi connectivity index (χ0) is 3.58. The Hall–Kier alpha value is -0.0851. The molecule has 0 aromatic carbocycles. The van der Waals surface area contributed by atoms with Gasteiger partial charge < -0.3 is 14.4 Å². The van der Waals surface area contributed by atoms with Gasteiger partial charge in [-0.25, -0.2) is 0 Å². The fourth-order valence-electron chi connectivity index (χ4n) is 0. The van der Waals surface area contributed by atoms with Gasteiger partial charge in [0.1, 0.15) is 7.40 Å². The van der Waals surface area contributed by atoms with Gasteiger partial charge in [0.25, 0.3) is 0 Å². The van der Waals surface area contributed by atoms with Crippen molar-refractivity contribution in [3.63, 3.8) is 0 Å². The number of hydrogen-bond donors (Lipinski definition) is 0. The van der Waals surface area contributed by atoms with Crippen molar-refractivity contribution in [3.05, 3.63) is 0 Å². The highest BCUT2D eigenvalue weighted by Gasteiger charge is 1.50. The fraction of sp³-hybridized carbons (Fsp3) is 0. The molecule has 0 fully saturated rings. The second-order valence-corrected chi connectivity index (χ2v) is 0.274. The summed E-state index contributed by atoms with van der Waals surface area (Å²) in [5.41, 5.74) is 0. The fourth-order valence-corrected chi connectivity index (χ4v) is 0. The van der Waals surface area contributed by atoms with Crippen LogP contribution in [0.3, 0.4) is 0 Å². The molecule has 0 atom stereocenters. The monoisotopic (exact) mass is 62.0 g/mol. The van der Waals surface area contributed by atoms with Gasteiger partial charge in [-0.05, 0) is 0 Å². The molecule has 0 aliphatic carbocycles. The molecule has 0 aliphatic heterocycles. The normalized spacial score (nSPS) is 6.75. The van der Waals surface area contributed by atoms with Gasteiger partial charge in [0, 0.05) is 0 Å². The summed E-state index contributed by atoms with van der Waals surface area (Å²) >= 11 is 0. The maximum atomic E-state index is 9.89. The van der Waals surface area contributed by atoms with E-state index in [2.05, 4.69) is 0 Å². The zero-order valence-corrected chi connectivity index (χ0v) is 1.77. The lowest BCUT2D eigenvalue weighted by molar-refractivity contribution is -0.366. The van der Waals surface area contributed by atoms with Gasteiger partial charge in [-0.2, -0.15) is 0 Å². The van der Waals surface area contributed by atoms with E-state index in [0.29, 0.717) is 0 Å². The first-order valence-corrected chi connectivity index (χ1v) is 0.690. The molecule has 0 aliphatic rings. The zero-order valence-electron chi connectivity index (χ0n) is 1.77. The molecule has 0 unspecified atom stereocenters. The molecule has 0 N–H and O–H groups in total. The Balaban J connectivity index is 2.32. The molecule has 4 heavy (non-hydrogen) atoms. The van der Waals surface area contributed by atoms with Gasteiger partial charge in [-0.1, -0.05) is 0 Å². The number of rotatable bonds is 0. The average Bonchev–Trinajstić information content (AvgIpc) is 0.811. The van der Waals surface area contributed by atoms with E-state index in [1.54, 1.807) is 0 Å². The molecule has 0 aromatic rings. The third kappa shape index (κ3) is 222. The van der Waals surface area contributed by atoms with Gasteiger partial charge >= 0.3 is 0 Å². The molecular weight excluding hydrogens is 61.8 g/mol. The summed E-state index contributed by atoms with van der Waals surface area (Å²) in [5, 5.41) is 16.6. The Morgan fingerprint density at radius 1 is 1.50 bits per heavy atom. The predicted octanol–water partition coefficient (Wildman–Crippen LogP) is -2.34. The van der Waals surface area contributed by atoms with Gasteiger partial charge in [0.15, 0.2) is 0 Å². The van der Waals surface area contributed by atoms with E-state index < -0.39 is 7.40 Å². The van der Waals surface area contributed by atoms with Crippen molar-refractivity contribution in [2.24, 2.45) is 0 Å². The molecule has 2 nitrogen and oxygen atoms in total. The first-order chi connectivity index (χ1) is 1.73. The highest BCUT2D eigenvalue weighted by molar-refractivity contribution is 6.27. The lowest BCUT2D eigenvalue weighted by atomic mass is 10.3. The van der Waals surface area contributed by atoms with Gasteiger partial charge in [-0.15, -0.1) is 0 Å². The van der Waals surface area contributed by atoms with E-state index in [4.69, 9.17) is 10.0 Å². The SMILES string of the molecule is [O-]B([O-])F. The molecule has 0 saturated heterocycles. The van der Waals surface area contributed by atoms with Crippen LogP contribution < -0.4 is 10.0 Å². The second kappa shape index (κ2) is 1.26. The third-order valence-electron chi connectivity index (χ3n) is 0. The van der Waals surface area contributed by atoms with Crippen LogP contribution in [0.4, 0.5) is 4.32 Å². The van der Waals surface area contributed by atoms with Crippen LogP contribution in [-0.4, -0.2) is 7.40 Å². The van der Waals surface area contributed by atoms with Crippen LogP contribution in [-0.2, 0) is 0 Å². The smallest absolute Gasteiger partial charge is 0.121 e. The molecule has 0 radical (unpaired) electrons. The van der Waals surface area contributed by atoms with Crippen molar-refractivity contribution < 1.29 is 14.4 Å². The van der Waals surface area contributed by atoms with Crippen molar-refractivity contribution >= 4 is 7.40 Å². The van der Waals surface area contributed by atoms with E-state index in [0.717, 1.165) is 0 Å². The molecule has 0 amide bonds. The lowest BCUT2D eigenvalue weighted by Crippen LogP contribution is -2.39. The molecule has 0 rings (SSSR count). The summed E-state index contributed by atoms with van der Waals surface area (Å²) in [6, 6.07) is 0. The molecule has 0 spiro atoms. The van der Waals surface area contributed by atoms with Gasteiger partial charge in [-0.3, -0.25) is 0 Å². The first-order valence-electron chi connectivity index (χ1n) is 0.690. The Morgan fingerprint density at radius 2 is 1.50 bits per heavy atom. The highest BCUT2D eigenvalue weighted by atomic mass is 19.1. The van der Waals surface area contributed by atoms with Crippen LogP contribution in [0.1, 0.15) is 0 Å². The molecular formula is BFO2-2. The summed E-state index contributed by atoms with van der Waals surface area (Å²) in [7, 11) is -3.17. The summed E-state index contributed by atoms with van der Waals surface area (Å²) in [6.45, 7) is 0. The lowest BCUT2D eigenvalue weighted by Gasteiger charge is -2.09. The first kappa shape index (κ1) is 3.91. The van der Waals surface area contributed by atoms with Crippen LogP contribution in [0.5, 0.6) is 0 Å². The Labute approximate surface area is 23.1 Å². The topological polar surface area (TPSA) is 46.1 Å².